The zero-order valence-corrected chi connectivity index (χ0v) is 32.4. The first kappa shape index (κ1) is 39.1. The molecule has 10 heteroatoms. The average Bonchev–Trinajstić information content (AvgIpc) is 3.18. The number of aliphatic carboxylic acids is 1. The van der Waals surface area contributed by atoms with E-state index in [0.717, 1.165) is 83.8 Å². The molecule has 54 heavy (non-hydrogen) atoms. The quantitative estimate of drug-likeness (QED) is 0.119. The molecular weight excluding hydrogens is 700 g/mol. The van der Waals surface area contributed by atoms with Crippen LogP contribution in [0.5, 0.6) is 17.2 Å². The molecule has 0 bridgehead atoms. The monoisotopic (exact) mass is 750 g/mol. The molecule has 2 aliphatic rings. The largest absolute Gasteiger partial charge is 0.493 e. The Kier molecular flexibility index (Phi) is 13.5. The van der Waals surface area contributed by atoms with Crippen molar-refractivity contribution in [3.05, 3.63) is 105 Å². The van der Waals surface area contributed by atoms with Gasteiger partial charge in [0.1, 0.15) is 36.5 Å². The van der Waals surface area contributed by atoms with E-state index in [4.69, 9.17) is 25.8 Å². The van der Waals surface area contributed by atoms with Gasteiger partial charge in [-0.15, -0.1) is 0 Å². The van der Waals surface area contributed by atoms with Crippen molar-refractivity contribution in [1.29, 1.82) is 5.26 Å². The number of hydrogen-bond acceptors (Lipinski definition) is 8. The topological polar surface area (TPSA) is 108 Å². The van der Waals surface area contributed by atoms with Crippen LogP contribution in [0.3, 0.4) is 0 Å². The van der Waals surface area contributed by atoms with E-state index < -0.39 is 5.97 Å². The summed E-state index contributed by atoms with van der Waals surface area (Å²) in [7, 11) is 0. The van der Waals surface area contributed by atoms with Gasteiger partial charge in [0.05, 0.1) is 23.1 Å². The highest BCUT2D eigenvalue weighted by atomic mass is 35.5. The first-order valence-electron chi connectivity index (χ1n) is 19.1. The maximum Gasteiger partial charge on any atom is 0.306 e. The third-order valence-corrected chi connectivity index (χ3v) is 11.3. The number of likely N-dealkylation sites (tertiary alicyclic amines) is 2. The highest BCUT2D eigenvalue weighted by molar-refractivity contribution is 6.32. The highest BCUT2D eigenvalue weighted by Gasteiger charge is 2.24. The Balaban J connectivity index is 1.13. The maximum atomic E-state index is 11.3. The van der Waals surface area contributed by atoms with Crippen molar-refractivity contribution in [3.63, 3.8) is 0 Å². The molecule has 2 aliphatic heterocycles. The van der Waals surface area contributed by atoms with E-state index in [-0.39, 0.29) is 12.5 Å². The summed E-state index contributed by atoms with van der Waals surface area (Å²) in [5.74, 6) is 1.23. The summed E-state index contributed by atoms with van der Waals surface area (Å²) in [5, 5.41) is 19.2. The number of pyridine rings is 1. The molecule has 0 saturated carbocycles. The van der Waals surface area contributed by atoms with Crippen molar-refractivity contribution >= 4 is 17.6 Å². The van der Waals surface area contributed by atoms with Crippen LogP contribution in [0.2, 0.25) is 5.02 Å². The van der Waals surface area contributed by atoms with Crippen molar-refractivity contribution in [2.45, 2.75) is 85.1 Å². The minimum absolute atomic E-state index is 0.212. The molecule has 3 aromatic carbocycles. The third-order valence-electron chi connectivity index (χ3n) is 11.0. The van der Waals surface area contributed by atoms with Crippen LogP contribution in [-0.4, -0.2) is 64.7 Å². The fraction of sp³-hybridized carbons (Fsp3) is 0.432. The highest BCUT2D eigenvalue weighted by Crippen LogP contribution is 2.37. The van der Waals surface area contributed by atoms with Crippen molar-refractivity contribution in [2.75, 3.05) is 32.8 Å². The zero-order valence-electron chi connectivity index (χ0n) is 31.7. The average molecular weight is 751 g/mol. The molecule has 2 fully saturated rings. The molecule has 284 valence electrons. The lowest BCUT2D eigenvalue weighted by atomic mass is 9.93. The molecule has 3 heterocycles. The fourth-order valence-electron chi connectivity index (χ4n) is 7.57. The number of aromatic nitrogens is 1. The molecule has 0 radical (unpaired) electrons. The van der Waals surface area contributed by atoms with E-state index in [1.165, 1.54) is 19.3 Å². The lowest BCUT2D eigenvalue weighted by Crippen LogP contribution is -2.37. The Bertz CT molecular complexity index is 1950. The zero-order chi connectivity index (χ0) is 38.0. The molecular formula is C44H51ClN4O5. The van der Waals surface area contributed by atoms with Crippen molar-refractivity contribution in [2.24, 2.45) is 5.92 Å². The van der Waals surface area contributed by atoms with Crippen LogP contribution >= 0.6 is 11.6 Å². The number of benzene rings is 3. The molecule has 0 spiro atoms. The summed E-state index contributed by atoms with van der Waals surface area (Å²) >= 11 is 6.91. The van der Waals surface area contributed by atoms with Crippen molar-refractivity contribution < 1.29 is 24.1 Å². The number of ether oxygens (including phenoxy) is 3. The first-order chi connectivity index (χ1) is 26.2. The van der Waals surface area contributed by atoms with Gasteiger partial charge in [-0.25, -0.2) is 0 Å². The molecule has 1 N–H and O–H groups in total. The number of rotatable bonds is 15. The molecule has 0 unspecified atom stereocenters. The van der Waals surface area contributed by atoms with Crippen LogP contribution in [0, 0.1) is 31.1 Å². The lowest BCUT2D eigenvalue weighted by molar-refractivity contribution is -0.143. The first-order valence-corrected chi connectivity index (χ1v) is 19.5. The van der Waals surface area contributed by atoms with Gasteiger partial charge in [-0.1, -0.05) is 48.4 Å². The van der Waals surface area contributed by atoms with Gasteiger partial charge in [0.2, 0.25) is 0 Å². The number of nitriles is 1. The Hall–Kier alpha value is -4.62. The van der Waals surface area contributed by atoms with Crippen molar-refractivity contribution in [1.82, 2.24) is 14.8 Å². The number of carbonyl (C=O) groups is 1. The van der Waals surface area contributed by atoms with E-state index in [2.05, 4.69) is 65.9 Å². The molecule has 1 atom stereocenters. The van der Waals surface area contributed by atoms with Crippen LogP contribution < -0.4 is 14.2 Å². The molecule has 9 nitrogen and oxygen atoms in total. The van der Waals surface area contributed by atoms with Gasteiger partial charge >= 0.3 is 5.97 Å². The molecule has 0 amide bonds. The summed E-state index contributed by atoms with van der Waals surface area (Å²) in [6, 6.07) is 20.8. The SMILES string of the molecule is Cc1c(COc2cc(OCc3cncc(C#N)c3)c(CN3CCCC[C@H]3C)cc2Cl)cccc1-c1cccc(OCCCN2CCC(C(=O)O)CC2)c1C. The fourth-order valence-corrected chi connectivity index (χ4v) is 7.81. The second-order valence-electron chi connectivity index (χ2n) is 14.7. The second kappa shape index (κ2) is 18.6. The summed E-state index contributed by atoms with van der Waals surface area (Å²) in [4.78, 5) is 20.3. The van der Waals surface area contributed by atoms with Crippen LogP contribution in [0.15, 0.2) is 67.0 Å². The minimum Gasteiger partial charge on any atom is -0.493 e. The van der Waals surface area contributed by atoms with E-state index >= 15 is 0 Å². The Morgan fingerprint density at radius 2 is 1.65 bits per heavy atom. The number of nitrogens with zero attached hydrogens (tertiary/aromatic N) is 4. The van der Waals surface area contributed by atoms with Crippen LogP contribution in [0.4, 0.5) is 0 Å². The summed E-state index contributed by atoms with van der Waals surface area (Å²) in [5.41, 5.74) is 7.80. The number of carboxylic acid groups (broad SMARTS) is 1. The Morgan fingerprint density at radius 3 is 2.41 bits per heavy atom. The normalized spacial score (nSPS) is 16.8. The van der Waals surface area contributed by atoms with Gasteiger partial charge in [-0.2, -0.15) is 5.26 Å². The number of hydrogen-bond donors (Lipinski definition) is 1. The van der Waals surface area contributed by atoms with E-state index in [9.17, 15) is 15.2 Å². The number of halogens is 1. The summed E-state index contributed by atoms with van der Waals surface area (Å²) in [6.45, 7) is 12.0. The van der Waals surface area contributed by atoms with E-state index in [0.29, 0.717) is 54.2 Å². The molecule has 4 aromatic rings. The van der Waals surface area contributed by atoms with Gasteiger partial charge in [-0.05, 0) is 119 Å². The second-order valence-corrected chi connectivity index (χ2v) is 15.1. The molecule has 1 aromatic heterocycles. The van der Waals surface area contributed by atoms with E-state index in [1.807, 2.05) is 24.3 Å². The number of piperidine rings is 2. The van der Waals surface area contributed by atoms with Gasteiger partial charge in [0.25, 0.3) is 0 Å². The Labute approximate surface area is 324 Å². The van der Waals surface area contributed by atoms with Gasteiger partial charge < -0.3 is 24.2 Å². The smallest absolute Gasteiger partial charge is 0.306 e. The predicted molar refractivity (Wildman–Crippen MR) is 211 cm³/mol. The lowest BCUT2D eigenvalue weighted by Gasteiger charge is -2.33. The molecule has 6 rings (SSSR count). The standard InChI is InChI=1S/C44H51ClN4O5/c1-30-9-4-5-17-49(30)27-37-22-40(45)43(23-42(37)53-28-34-21-33(24-46)25-47-26-34)54-29-36-10-6-11-38(31(36)2)39-12-7-13-41(32(39)3)52-20-8-16-48-18-14-35(15-19-48)44(50)51/h6-7,10-13,21-23,25-26,30,35H,4-5,8-9,14-20,27-29H2,1-3H3,(H,50,51)/t30-/m1/s1. The van der Waals surface area contributed by atoms with Crippen LogP contribution in [0.1, 0.15) is 78.8 Å². The van der Waals surface area contributed by atoms with Gasteiger partial charge in [-0.3, -0.25) is 14.7 Å². The van der Waals surface area contributed by atoms with Crippen LogP contribution in [-0.2, 0) is 24.6 Å². The van der Waals surface area contributed by atoms with Crippen LogP contribution in [0.25, 0.3) is 11.1 Å². The summed E-state index contributed by atoms with van der Waals surface area (Å²) < 4.78 is 19.1. The van der Waals surface area contributed by atoms with Gasteiger partial charge in [0.15, 0.2) is 0 Å². The molecule has 2 saturated heterocycles. The van der Waals surface area contributed by atoms with E-state index in [1.54, 1.807) is 18.5 Å². The third kappa shape index (κ3) is 9.92. The number of carboxylic acids is 1. The predicted octanol–water partition coefficient (Wildman–Crippen LogP) is 8.99. The summed E-state index contributed by atoms with van der Waals surface area (Å²) in [6.07, 6.45) is 9.17. The Morgan fingerprint density at radius 1 is 0.889 bits per heavy atom. The van der Waals surface area contributed by atoms with Crippen molar-refractivity contribution in [3.8, 4) is 34.4 Å². The molecule has 0 aliphatic carbocycles. The maximum absolute atomic E-state index is 11.3. The van der Waals surface area contributed by atoms with Gasteiger partial charge in [0, 0.05) is 48.7 Å². The minimum atomic E-state index is -0.677.